The molecule has 0 aromatic carbocycles. The number of phosphoric ester groups is 1. The summed E-state index contributed by atoms with van der Waals surface area (Å²) in [6.45, 7) is 4.46. The first-order valence-corrected chi connectivity index (χ1v) is 14.1. The van der Waals surface area contributed by atoms with Crippen molar-refractivity contribution in [3.63, 3.8) is 0 Å². The van der Waals surface area contributed by atoms with Gasteiger partial charge >= 0.3 is 7.82 Å². The van der Waals surface area contributed by atoms with E-state index in [-0.39, 0.29) is 12.3 Å². The van der Waals surface area contributed by atoms with Crippen molar-refractivity contribution in [3.8, 4) is 0 Å². The van der Waals surface area contributed by atoms with E-state index in [1.807, 2.05) is 0 Å². The summed E-state index contributed by atoms with van der Waals surface area (Å²) in [5, 5.41) is 24.4. The van der Waals surface area contributed by atoms with Crippen molar-refractivity contribution in [1.82, 2.24) is 10.6 Å². The van der Waals surface area contributed by atoms with E-state index in [9.17, 15) is 29.4 Å². The van der Waals surface area contributed by atoms with Crippen molar-refractivity contribution in [2.75, 3.05) is 12.8 Å². The molecule has 2 saturated heterocycles. The van der Waals surface area contributed by atoms with Gasteiger partial charge in [-0.2, -0.15) is 0 Å². The first-order chi connectivity index (χ1) is 14.9. The molecule has 0 aromatic rings. The summed E-state index contributed by atoms with van der Waals surface area (Å²) in [6, 6.07) is -1.38. The van der Waals surface area contributed by atoms with Gasteiger partial charge in [0, 0.05) is 6.42 Å². The summed E-state index contributed by atoms with van der Waals surface area (Å²) in [6.07, 6.45) is 1.81. The highest BCUT2D eigenvalue weighted by atomic mass is 35.5. The summed E-state index contributed by atoms with van der Waals surface area (Å²) >= 11 is 7.17. The standard InChI is InChI=1S/C19H36ClN2O8PS/c1-4-5-12-6-7-13(21-9-8-12)18(25)22-15(11(2)20)17-16(24)14(23)10-19(29-17,32-3)30-31(26,27)28/h11-17,21,23-24H,4-10H2,1-3H3,(H,22,25)(H2,26,27,28). The Labute approximate surface area is 198 Å². The van der Waals surface area contributed by atoms with E-state index in [0.717, 1.165) is 44.0 Å². The number of hydrogen-bond donors (Lipinski definition) is 6. The molecule has 2 heterocycles. The third-order valence-corrected chi connectivity index (χ3v) is 7.95. The van der Waals surface area contributed by atoms with Crippen LogP contribution in [0.2, 0.25) is 0 Å². The van der Waals surface area contributed by atoms with Crippen LogP contribution in [0.4, 0.5) is 0 Å². The smallest absolute Gasteiger partial charge is 0.390 e. The number of carbonyl (C=O) groups is 1. The van der Waals surface area contributed by atoms with Gasteiger partial charge in [-0.15, -0.1) is 23.4 Å². The highest BCUT2D eigenvalue weighted by Crippen LogP contribution is 2.50. The van der Waals surface area contributed by atoms with Crippen LogP contribution in [0.3, 0.4) is 0 Å². The first kappa shape index (κ1) is 28.3. The minimum Gasteiger partial charge on any atom is -0.390 e. The number of ether oxygens (including phenoxy) is 1. The molecule has 2 aliphatic rings. The van der Waals surface area contributed by atoms with E-state index in [4.69, 9.17) is 20.9 Å². The van der Waals surface area contributed by atoms with Crippen LogP contribution >= 0.6 is 31.2 Å². The van der Waals surface area contributed by atoms with Gasteiger partial charge in [0.2, 0.25) is 11.0 Å². The number of carbonyl (C=O) groups excluding carboxylic acids is 1. The summed E-state index contributed by atoms with van der Waals surface area (Å²) in [4.78, 5) is 31.6. The van der Waals surface area contributed by atoms with Crippen molar-refractivity contribution in [3.05, 3.63) is 0 Å². The number of alkyl halides is 1. The van der Waals surface area contributed by atoms with Gasteiger partial charge in [-0.1, -0.05) is 19.8 Å². The quantitative estimate of drug-likeness (QED) is 0.149. The van der Waals surface area contributed by atoms with E-state index >= 15 is 0 Å². The van der Waals surface area contributed by atoms with E-state index in [0.29, 0.717) is 12.3 Å². The van der Waals surface area contributed by atoms with Crippen molar-refractivity contribution in [2.24, 2.45) is 5.92 Å². The SMILES string of the molecule is CCCC1CCNC(C(=O)NC(C(C)Cl)C2OC(OP(=O)(O)O)(SC)CC(O)C2O)CC1. The second-order valence-electron chi connectivity index (χ2n) is 8.55. The molecule has 13 heteroatoms. The Morgan fingerprint density at radius 3 is 2.62 bits per heavy atom. The zero-order valence-electron chi connectivity index (χ0n) is 18.6. The number of rotatable bonds is 9. The molecule has 0 aliphatic carbocycles. The Morgan fingerprint density at radius 1 is 1.38 bits per heavy atom. The summed E-state index contributed by atoms with van der Waals surface area (Å²) in [7, 11) is -4.98. The molecule has 0 spiro atoms. The molecular weight excluding hydrogens is 483 g/mol. The predicted octanol–water partition coefficient (Wildman–Crippen LogP) is 1.29. The van der Waals surface area contributed by atoms with Crippen LogP contribution < -0.4 is 10.6 Å². The van der Waals surface area contributed by atoms with Crippen LogP contribution in [0.15, 0.2) is 0 Å². The van der Waals surface area contributed by atoms with Gasteiger partial charge in [0.1, 0.15) is 12.2 Å². The maximum absolute atomic E-state index is 13.0. The van der Waals surface area contributed by atoms with Crippen LogP contribution in [-0.4, -0.2) is 79.6 Å². The van der Waals surface area contributed by atoms with Gasteiger partial charge in [-0.05, 0) is 44.9 Å². The average molecular weight is 519 g/mol. The van der Waals surface area contributed by atoms with Gasteiger partial charge < -0.3 is 35.4 Å². The van der Waals surface area contributed by atoms with E-state index in [1.165, 1.54) is 6.26 Å². The van der Waals surface area contributed by atoms with Gasteiger partial charge in [0.05, 0.1) is 23.6 Å². The molecule has 1 amide bonds. The molecule has 8 unspecified atom stereocenters. The Hall–Kier alpha value is 0.0600. The fourth-order valence-electron chi connectivity index (χ4n) is 4.37. The lowest BCUT2D eigenvalue weighted by atomic mass is 9.93. The highest BCUT2D eigenvalue weighted by Gasteiger charge is 2.53. The lowest BCUT2D eigenvalue weighted by molar-refractivity contribution is -0.251. The van der Waals surface area contributed by atoms with E-state index < -0.39 is 48.7 Å². The van der Waals surface area contributed by atoms with Crippen LogP contribution in [0, 0.1) is 5.92 Å². The fraction of sp³-hybridized carbons (Fsp3) is 0.947. The Kier molecular flexibility index (Phi) is 10.7. The molecule has 0 radical (unpaired) electrons. The zero-order chi connectivity index (χ0) is 24.1. The maximum Gasteiger partial charge on any atom is 0.472 e. The Balaban J connectivity index is 2.16. The first-order valence-electron chi connectivity index (χ1n) is 10.9. The van der Waals surface area contributed by atoms with Crippen LogP contribution in [0.25, 0.3) is 0 Å². The minimum absolute atomic E-state index is 0.304. The van der Waals surface area contributed by atoms with Crippen LogP contribution in [0.5, 0.6) is 0 Å². The lowest BCUT2D eigenvalue weighted by Crippen LogP contribution is -2.64. The highest BCUT2D eigenvalue weighted by molar-refractivity contribution is 7.99. The summed E-state index contributed by atoms with van der Waals surface area (Å²) < 4.78 is 22.1. The van der Waals surface area contributed by atoms with Crippen molar-refractivity contribution in [1.29, 1.82) is 0 Å². The third-order valence-electron chi connectivity index (χ3n) is 6.05. The number of phosphoric acid groups is 1. The van der Waals surface area contributed by atoms with E-state index in [2.05, 4.69) is 17.6 Å². The van der Waals surface area contributed by atoms with Crippen LogP contribution in [-0.2, 0) is 18.6 Å². The topological polar surface area (TPSA) is 158 Å². The van der Waals surface area contributed by atoms with Crippen LogP contribution in [0.1, 0.15) is 52.4 Å². The molecule has 2 aliphatic heterocycles. The number of halogens is 1. The van der Waals surface area contributed by atoms with Gasteiger partial charge in [-0.25, -0.2) is 9.09 Å². The zero-order valence-corrected chi connectivity index (χ0v) is 21.1. The van der Waals surface area contributed by atoms with Gasteiger partial charge in [0.15, 0.2) is 0 Å². The molecule has 2 fully saturated rings. The number of thioether (sulfide) groups is 1. The molecule has 0 saturated carbocycles. The van der Waals surface area contributed by atoms with Crippen molar-refractivity contribution in [2.45, 2.75) is 93.3 Å². The number of nitrogens with one attached hydrogen (secondary N) is 2. The van der Waals surface area contributed by atoms with Crippen molar-refractivity contribution < 1.29 is 38.6 Å². The van der Waals surface area contributed by atoms with E-state index in [1.54, 1.807) is 6.92 Å². The molecule has 0 bridgehead atoms. The number of amides is 1. The number of hydrogen-bond acceptors (Lipinski definition) is 8. The Bertz CT molecular complexity index is 671. The fourth-order valence-corrected chi connectivity index (χ4v) is 6.19. The average Bonchev–Trinajstić information content (AvgIpc) is 2.93. The molecule has 10 nitrogen and oxygen atoms in total. The minimum atomic E-state index is -4.98. The monoisotopic (exact) mass is 518 g/mol. The maximum atomic E-state index is 13.0. The summed E-state index contributed by atoms with van der Waals surface area (Å²) in [5.41, 5.74) is 0. The van der Waals surface area contributed by atoms with Gasteiger partial charge in [0.25, 0.3) is 0 Å². The third kappa shape index (κ3) is 7.80. The molecule has 2 rings (SSSR count). The normalized spacial score (nSPS) is 36.2. The number of aliphatic hydroxyl groups is 2. The second kappa shape index (κ2) is 12.2. The lowest BCUT2D eigenvalue weighted by Gasteiger charge is -2.46. The van der Waals surface area contributed by atoms with Crippen molar-refractivity contribution >= 4 is 37.1 Å². The predicted molar refractivity (Wildman–Crippen MR) is 122 cm³/mol. The molecule has 188 valence electrons. The largest absolute Gasteiger partial charge is 0.472 e. The number of aliphatic hydroxyl groups excluding tert-OH is 2. The molecule has 0 aromatic heterocycles. The molecular formula is C19H36ClN2O8PS. The second-order valence-corrected chi connectivity index (χ2v) is 11.4. The Morgan fingerprint density at radius 2 is 2.06 bits per heavy atom. The van der Waals surface area contributed by atoms with Gasteiger partial charge in [-0.3, -0.25) is 4.79 Å². The summed E-state index contributed by atoms with van der Waals surface area (Å²) in [5.74, 6) is 0.264. The molecule has 32 heavy (non-hydrogen) atoms. The molecule has 8 atom stereocenters. The molecule has 6 N–H and O–H groups in total.